The second-order valence-electron chi connectivity index (χ2n) is 7.99. The Morgan fingerprint density at radius 1 is 0.967 bits per heavy atom. The molecule has 0 aliphatic heterocycles. The first-order valence-electron chi connectivity index (χ1n) is 11.2. The summed E-state index contributed by atoms with van der Waals surface area (Å²) in [5.41, 5.74) is 4.49. The van der Waals surface area contributed by atoms with Crippen molar-refractivity contribution in [3.05, 3.63) is 35.2 Å². The van der Waals surface area contributed by atoms with E-state index in [0.717, 1.165) is 36.5 Å². The molecule has 2 N–H and O–H groups in total. The highest BCUT2D eigenvalue weighted by Crippen LogP contribution is 2.31. The number of hydrogen-bond acceptors (Lipinski definition) is 5. The Balaban J connectivity index is 1.57. The monoisotopic (exact) mass is 431 g/mol. The maximum Gasteiger partial charge on any atom is 0.216 e. The third kappa shape index (κ3) is 8.52. The van der Waals surface area contributed by atoms with E-state index in [0.29, 0.717) is 0 Å². The van der Waals surface area contributed by atoms with Crippen molar-refractivity contribution in [2.75, 3.05) is 13.1 Å². The van der Waals surface area contributed by atoms with Gasteiger partial charge in [0, 0.05) is 30.5 Å². The van der Waals surface area contributed by atoms with Crippen LogP contribution in [0, 0.1) is 20.8 Å². The molecule has 1 aromatic heterocycles. The van der Waals surface area contributed by atoms with Gasteiger partial charge in [-0.3, -0.25) is 9.52 Å². The van der Waals surface area contributed by atoms with Crippen LogP contribution in [0.1, 0.15) is 75.3 Å². The molecular weight excluding hydrogens is 394 g/mol. The Kier molecular flexibility index (Phi) is 11.0. The number of amides is 1. The Labute approximate surface area is 185 Å². The van der Waals surface area contributed by atoms with Crippen LogP contribution in [-0.4, -0.2) is 24.2 Å². The van der Waals surface area contributed by atoms with Gasteiger partial charge >= 0.3 is 0 Å². The summed E-state index contributed by atoms with van der Waals surface area (Å²) in [7, 11) is 0. The first kappa shape index (κ1) is 24.5. The molecule has 0 fully saturated rings. The molecule has 2 rings (SSSR count). The molecule has 0 unspecified atom stereocenters. The zero-order valence-electron chi connectivity index (χ0n) is 19.0. The van der Waals surface area contributed by atoms with Crippen LogP contribution in [0.25, 0.3) is 11.1 Å². The van der Waals surface area contributed by atoms with Crippen LogP contribution in [0.2, 0.25) is 0 Å². The van der Waals surface area contributed by atoms with Gasteiger partial charge in [-0.25, -0.2) is 0 Å². The molecule has 0 aliphatic rings. The summed E-state index contributed by atoms with van der Waals surface area (Å²) in [5, 5.41) is 6.93. The molecule has 5 nitrogen and oxygen atoms in total. The van der Waals surface area contributed by atoms with E-state index < -0.39 is 0 Å². The van der Waals surface area contributed by atoms with Crippen molar-refractivity contribution >= 4 is 17.9 Å². The lowest BCUT2D eigenvalue weighted by atomic mass is 10.0. The quantitative estimate of drug-likeness (QED) is 0.279. The molecule has 166 valence electrons. The van der Waals surface area contributed by atoms with Gasteiger partial charge in [0.15, 0.2) is 0 Å². The van der Waals surface area contributed by atoms with Gasteiger partial charge in [0.1, 0.15) is 5.76 Å². The first-order chi connectivity index (χ1) is 14.5. The van der Waals surface area contributed by atoms with Gasteiger partial charge < -0.3 is 9.84 Å². The van der Waals surface area contributed by atoms with E-state index >= 15 is 0 Å². The van der Waals surface area contributed by atoms with E-state index in [1.54, 1.807) is 18.9 Å². The average molecular weight is 432 g/mol. The number of rotatable bonds is 14. The van der Waals surface area contributed by atoms with E-state index in [-0.39, 0.29) is 5.91 Å². The fraction of sp³-hybridized carbons (Fsp3) is 0.583. The average Bonchev–Trinajstić information content (AvgIpc) is 3.05. The number of hydrogen-bond donors (Lipinski definition) is 2. The van der Waals surface area contributed by atoms with E-state index in [1.165, 1.54) is 61.0 Å². The Bertz CT molecular complexity index is 769. The second kappa shape index (κ2) is 13.5. The number of carbonyl (C=O) groups excluding carboxylic acids is 1. The maximum absolute atomic E-state index is 10.8. The van der Waals surface area contributed by atoms with Gasteiger partial charge in [0.05, 0.1) is 5.69 Å². The summed E-state index contributed by atoms with van der Waals surface area (Å²) in [4.78, 5) is 12.0. The summed E-state index contributed by atoms with van der Waals surface area (Å²) < 4.78 is 8.84. The van der Waals surface area contributed by atoms with Crippen LogP contribution in [0.4, 0.5) is 0 Å². The molecule has 0 saturated carbocycles. The van der Waals surface area contributed by atoms with Crippen molar-refractivity contribution in [3.63, 3.8) is 0 Å². The highest BCUT2D eigenvalue weighted by Gasteiger charge is 2.12. The molecule has 1 heterocycles. The van der Waals surface area contributed by atoms with Crippen molar-refractivity contribution < 1.29 is 9.32 Å². The minimum Gasteiger partial charge on any atom is -0.361 e. The van der Waals surface area contributed by atoms with Crippen LogP contribution in [0.3, 0.4) is 0 Å². The van der Waals surface area contributed by atoms with Crippen LogP contribution >= 0.6 is 11.9 Å². The number of nitrogens with zero attached hydrogens (tertiary/aromatic N) is 1. The largest absolute Gasteiger partial charge is 0.361 e. The standard InChI is InChI=1S/C24H37N3O2S/c1-18-13-14-22(24-19(2)27-29-20(24)3)17-23(18)30-26-16-12-10-8-6-5-7-9-11-15-25-21(4)28/h13-14,17,26H,5-12,15-16H2,1-4H3,(H,25,28). The Hall–Kier alpha value is -1.79. The first-order valence-corrected chi connectivity index (χ1v) is 12.0. The normalized spacial score (nSPS) is 11.1. The van der Waals surface area contributed by atoms with E-state index in [1.807, 2.05) is 13.8 Å². The summed E-state index contributed by atoms with van der Waals surface area (Å²) >= 11 is 1.72. The minimum atomic E-state index is 0.0742. The number of nitrogens with one attached hydrogen (secondary N) is 2. The molecule has 0 spiro atoms. The third-order valence-electron chi connectivity index (χ3n) is 5.27. The van der Waals surface area contributed by atoms with E-state index in [9.17, 15) is 4.79 Å². The molecule has 1 aromatic carbocycles. The van der Waals surface area contributed by atoms with Crippen molar-refractivity contribution in [3.8, 4) is 11.1 Å². The molecule has 0 bridgehead atoms. The van der Waals surface area contributed by atoms with Crippen LogP contribution < -0.4 is 10.0 Å². The van der Waals surface area contributed by atoms with Crippen molar-refractivity contribution in [2.45, 2.75) is 84.0 Å². The molecule has 6 heteroatoms. The van der Waals surface area contributed by atoms with Gasteiger partial charge in [0.2, 0.25) is 5.91 Å². The SMILES string of the molecule is CC(=O)NCCCCCCCCCCNSc1cc(-c2c(C)noc2C)ccc1C. The summed E-state index contributed by atoms with van der Waals surface area (Å²) in [6.45, 7) is 9.52. The molecular formula is C24H37N3O2S. The predicted octanol–water partition coefficient (Wildman–Crippen LogP) is 6.12. The Morgan fingerprint density at radius 3 is 2.20 bits per heavy atom. The lowest BCUT2D eigenvalue weighted by Crippen LogP contribution is -2.20. The molecule has 0 atom stereocenters. The zero-order valence-corrected chi connectivity index (χ0v) is 19.8. The van der Waals surface area contributed by atoms with Crippen LogP contribution in [0.5, 0.6) is 0 Å². The van der Waals surface area contributed by atoms with Crippen molar-refractivity contribution in [1.82, 2.24) is 15.2 Å². The van der Waals surface area contributed by atoms with Gasteiger partial charge in [0.25, 0.3) is 0 Å². The fourth-order valence-electron chi connectivity index (χ4n) is 3.54. The smallest absolute Gasteiger partial charge is 0.216 e. The fourth-order valence-corrected chi connectivity index (χ4v) is 4.35. The maximum atomic E-state index is 10.8. The van der Waals surface area contributed by atoms with Gasteiger partial charge in [-0.15, -0.1) is 0 Å². The van der Waals surface area contributed by atoms with Crippen LogP contribution in [-0.2, 0) is 4.79 Å². The lowest BCUT2D eigenvalue weighted by molar-refractivity contribution is -0.118. The zero-order chi connectivity index (χ0) is 21.8. The highest BCUT2D eigenvalue weighted by atomic mass is 32.2. The number of aryl methyl sites for hydroxylation is 3. The summed E-state index contributed by atoms with van der Waals surface area (Å²) in [5.74, 6) is 0.943. The summed E-state index contributed by atoms with van der Waals surface area (Å²) in [6, 6.07) is 6.54. The van der Waals surface area contributed by atoms with E-state index in [4.69, 9.17) is 4.52 Å². The minimum absolute atomic E-state index is 0.0742. The van der Waals surface area contributed by atoms with Crippen molar-refractivity contribution in [2.24, 2.45) is 0 Å². The Morgan fingerprint density at radius 2 is 1.60 bits per heavy atom. The van der Waals surface area contributed by atoms with Gasteiger partial charge in [-0.2, -0.15) is 0 Å². The van der Waals surface area contributed by atoms with Gasteiger partial charge in [-0.05, 0) is 62.8 Å². The molecule has 0 radical (unpaired) electrons. The topological polar surface area (TPSA) is 67.2 Å². The number of carbonyl (C=O) groups is 1. The molecule has 30 heavy (non-hydrogen) atoms. The number of unbranched alkanes of at least 4 members (excludes halogenated alkanes) is 7. The van der Waals surface area contributed by atoms with Crippen molar-refractivity contribution in [1.29, 1.82) is 0 Å². The third-order valence-corrected chi connectivity index (χ3v) is 6.28. The molecule has 0 saturated heterocycles. The highest BCUT2D eigenvalue weighted by molar-refractivity contribution is 7.97. The number of benzene rings is 1. The molecule has 0 aliphatic carbocycles. The second-order valence-corrected chi connectivity index (χ2v) is 8.92. The van der Waals surface area contributed by atoms with Crippen LogP contribution in [0.15, 0.2) is 27.6 Å². The van der Waals surface area contributed by atoms with Gasteiger partial charge in [-0.1, -0.05) is 55.8 Å². The lowest BCUT2D eigenvalue weighted by Gasteiger charge is -2.10. The number of aromatic nitrogens is 1. The van der Waals surface area contributed by atoms with E-state index in [2.05, 4.69) is 40.3 Å². The molecule has 2 aromatic rings. The summed E-state index contributed by atoms with van der Waals surface area (Å²) in [6.07, 6.45) is 9.98. The predicted molar refractivity (Wildman–Crippen MR) is 126 cm³/mol. The molecule has 1 amide bonds.